The van der Waals surface area contributed by atoms with E-state index in [1.54, 1.807) is 12.7 Å². The van der Waals surface area contributed by atoms with Crippen molar-refractivity contribution in [2.45, 2.75) is 36.1 Å². The third-order valence-electron chi connectivity index (χ3n) is 5.48. The summed E-state index contributed by atoms with van der Waals surface area (Å²) in [5.74, 6) is 3.81. The Kier molecular flexibility index (Phi) is 5.65. The van der Waals surface area contributed by atoms with E-state index < -0.39 is 0 Å². The SMILES string of the molecule is COc1cccnc1N1CCNCC1CCCC1CSc2ccccc21. The fourth-order valence-corrected chi connectivity index (χ4v) is 5.43. The van der Waals surface area contributed by atoms with Gasteiger partial charge >= 0.3 is 0 Å². The first kappa shape index (κ1) is 17.7. The van der Waals surface area contributed by atoms with E-state index in [0.717, 1.165) is 31.2 Å². The first-order chi connectivity index (χ1) is 12.9. The molecule has 1 aromatic carbocycles. The van der Waals surface area contributed by atoms with Gasteiger partial charge < -0.3 is 15.0 Å². The zero-order valence-electron chi connectivity index (χ0n) is 15.4. The molecule has 5 heteroatoms. The average molecular weight is 370 g/mol. The zero-order chi connectivity index (χ0) is 17.8. The molecule has 2 aromatic rings. The van der Waals surface area contributed by atoms with E-state index in [1.165, 1.54) is 29.9 Å². The summed E-state index contributed by atoms with van der Waals surface area (Å²) < 4.78 is 5.54. The molecular weight excluding hydrogens is 342 g/mol. The zero-order valence-corrected chi connectivity index (χ0v) is 16.2. The van der Waals surface area contributed by atoms with Crippen LogP contribution in [0, 0.1) is 0 Å². The maximum atomic E-state index is 5.54. The topological polar surface area (TPSA) is 37.4 Å². The molecule has 2 aliphatic heterocycles. The molecule has 0 bridgehead atoms. The predicted molar refractivity (Wildman–Crippen MR) is 109 cm³/mol. The quantitative estimate of drug-likeness (QED) is 0.835. The van der Waals surface area contributed by atoms with E-state index in [1.807, 2.05) is 30.1 Å². The van der Waals surface area contributed by atoms with Crippen LogP contribution in [0.25, 0.3) is 0 Å². The van der Waals surface area contributed by atoms with Gasteiger partial charge in [0.1, 0.15) is 0 Å². The van der Waals surface area contributed by atoms with E-state index >= 15 is 0 Å². The largest absolute Gasteiger partial charge is 0.493 e. The number of fused-ring (bicyclic) bond motifs is 1. The first-order valence-electron chi connectivity index (χ1n) is 9.55. The van der Waals surface area contributed by atoms with Crippen molar-refractivity contribution in [1.82, 2.24) is 10.3 Å². The molecule has 0 saturated carbocycles. The number of pyridine rings is 1. The van der Waals surface area contributed by atoms with Crippen molar-refractivity contribution in [3.05, 3.63) is 48.2 Å². The number of ether oxygens (including phenoxy) is 1. The number of nitrogens with one attached hydrogen (secondary N) is 1. The molecule has 1 aromatic heterocycles. The fraction of sp³-hybridized carbons (Fsp3) is 0.476. The van der Waals surface area contributed by atoms with Crippen LogP contribution in [0.2, 0.25) is 0 Å². The van der Waals surface area contributed by atoms with Crippen molar-refractivity contribution >= 4 is 17.6 Å². The Bertz CT molecular complexity index is 739. The van der Waals surface area contributed by atoms with Crippen molar-refractivity contribution in [3.63, 3.8) is 0 Å². The molecule has 2 atom stereocenters. The predicted octanol–water partition coefficient (Wildman–Crippen LogP) is 3.93. The molecule has 1 saturated heterocycles. The molecule has 138 valence electrons. The second-order valence-electron chi connectivity index (χ2n) is 7.06. The Hall–Kier alpha value is -1.72. The molecular formula is C21H27N3OS. The number of anilines is 1. The van der Waals surface area contributed by atoms with E-state index in [-0.39, 0.29) is 0 Å². The van der Waals surface area contributed by atoms with Gasteiger partial charge in [0.2, 0.25) is 0 Å². The van der Waals surface area contributed by atoms with Crippen LogP contribution in [0.3, 0.4) is 0 Å². The summed E-state index contributed by atoms with van der Waals surface area (Å²) >= 11 is 2.02. The van der Waals surface area contributed by atoms with Gasteiger partial charge in [-0.1, -0.05) is 24.6 Å². The highest BCUT2D eigenvalue weighted by atomic mass is 32.2. The Morgan fingerprint density at radius 3 is 3.08 bits per heavy atom. The van der Waals surface area contributed by atoms with Crippen molar-refractivity contribution in [1.29, 1.82) is 0 Å². The monoisotopic (exact) mass is 369 g/mol. The van der Waals surface area contributed by atoms with E-state index in [2.05, 4.69) is 39.5 Å². The maximum Gasteiger partial charge on any atom is 0.171 e. The minimum atomic E-state index is 0.483. The number of benzene rings is 1. The summed E-state index contributed by atoms with van der Waals surface area (Å²) in [6.07, 6.45) is 5.57. The Morgan fingerprint density at radius 1 is 1.23 bits per heavy atom. The molecule has 26 heavy (non-hydrogen) atoms. The number of piperazine rings is 1. The Morgan fingerprint density at radius 2 is 2.15 bits per heavy atom. The van der Waals surface area contributed by atoms with Gasteiger partial charge in [-0.2, -0.15) is 0 Å². The van der Waals surface area contributed by atoms with E-state index in [9.17, 15) is 0 Å². The molecule has 4 rings (SSSR count). The van der Waals surface area contributed by atoms with Crippen molar-refractivity contribution in [2.24, 2.45) is 0 Å². The Balaban J connectivity index is 1.39. The van der Waals surface area contributed by atoms with Crippen LogP contribution in [0.5, 0.6) is 5.75 Å². The molecule has 0 amide bonds. The van der Waals surface area contributed by atoms with Gasteiger partial charge in [0.25, 0.3) is 0 Å². The van der Waals surface area contributed by atoms with E-state index in [4.69, 9.17) is 4.74 Å². The number of methoxy groups -OCH3 is 1. The highest BCUT2D eigenvalue weighted by Gasteiger charge is 2.27. The average Bonchev–Trinajstić information content (AvgIpc) is 3.12. The molecule has 4 nitrogen and oxygen atoms in total. The number of aromatic nitrogens is 1. The lowest BCUT2D eigenvalue weighted by Gasteiger charge is -2.38. The number of rotatable bonds is 6. The second-order valence-corrected chi connectivity index (χ2v) is 8.12. The van der Waals surface area contributed by atoms with Crippen molar-refractivity contribution in [2.75, 3.05) is 37.4 Å². The van der Waals surface area contributed by atoms with Gasteiger partial charge in [-0.3, -0.25) is 0 Å². The van der Waals surface area contributed by atoms with Crippen molar-refractivity contribution < 1.29 is 4.74 Å². The summed E-state index contributed by atoms with van der Waals surface area (Å²) in [5.41, 5.74) is 1.56. The molecule has 3 heterocycles. The van der Waals surface area contributed by atoms with Gasteiger partial charge in [-0.15, -0.1) is 11.8 Å². The molecule has 2 unspecified atom stereocenters. The summed E-state index contributed by atoms with van der Waals surface area (Å²) in [6.45, 7) is 3.01. The summed E-state index contributed by atoms with van der Waals surface area (Å²) in [5, 5.41) is 3.55. The molecule has 0 spiro atoms. The van der Waals surface area contributed by atoms with E-state index in [0.29, 0.717) is 12.0 Å². The standard InChI is InChI=1S/C21H27N3OS/c1-25-19-9-5-11-23-21(19)24-13-12-22-14-17(24)7-4-6-16-15-26-20-10-3-2-8-18(16)20/h2-3,5,8-11,16-17,22H,4,6-7,12-15H2,1H3. The van der Waals surface area contributed by atoms with Crippen LogP contribution in [-0.4, -0.2) is 43.5 Å². The third kappa shape index (κ3) is 3.69. The second kappa shape index (κ2) is 8.31. The number of hydrogen-bond donors (Lipinski definition) is 1. The van der Waals surface area contributed by atoms with Crippen molar-refractivity contribution in [3.8, 4) is 5.75 Å². The van der Waals surface area contributed by atoms with Crippen LogP contribution in [0.15, 0.2) is 47.5 Å². The van der Waals surface area contributed by atoms with Crippen LogP contribution in [-0.2, 0) is 0 Å². The van der Waals surface area contributed by atoms with Gasteiger partial charge in [-0.05, 0) is 42.5 Å². The van der Waals surface area contributed by atoms with Gasteiger partial charge in [0.05, 0.1) is 7.11 Å². The summed E-state index contributed by atoms with van der Waals surface area (Å²) in [4.78, 5) is 8.53. The van der Waals surface area contributed by atoms with Crippen LogP contribution in [0.4, 0.5) is 5.82 Å². The molecule has 1 fully saturated rings. The minimum Gasteiger partial charge on any atom is -0.493 e. The molecule has 1 N–H and O–H groups in total. The number of thioether (sulfide) groups is 1. The minimum absolute atomic E-state index is 0.483. The summed E-state index contributed by atoms with van der Waals surface area (Å²) in [6, 6.07) is 13.3. The molecule has 2 aliphatic rings. The molecule has 0 aliphatic carbocycles. The van der Waals surface area contributed by atoms with Gasteiger partial charge in [0, 0.05) is 42.5 Å². The van der Waals surface area contributed by atoms with Crippen LogP contribution in [0.1, 0.15) is 30.7 Å². The molecule has 0 radical (unpaired) electrons. The van der Waals surface area contributed by atoms with Crippen LogP contribution >= 0.6 is 11.8 Å². The smallest absolute Gasteiger partial charge is 0.171 e. The summed E-state index contributed by atoms with van der Waals surface area (Å²) in [7, 11) is 1.73. The van der Waals surface area contributed by atoms with Crippen LogP contribution < -0.4 is 15.0 Å². The normalized spacial score (nSPS) is 22.3. The first-order valence-corrected chi connectivity index (χ1v) is 10.5. The maximum absolute atomic E-state index is 5.54. The third-order valence-corrected chi connectivity index (χ3v) is 6.73. The highest BCUT2D eigenvalue weighted by molar-refractivity contribution is 7.99. The fourth-order valence-electron chi connectivity index (χ4n) is 4.12. The lowest BCUT2D eigenvalue weighted by atomic mass is 9.94. The Labute approximate surface area is 160 Å². The lowest BCUT2D eigenvalue weighted by Crippen LogP contribution is -2.51. The van der Waals surface area contributed by atoms with Gasteiger partial charge in [0.15, 0.2) is 11.6 Å². The number of nitrogens with zero attached hydrogens (tertiary/aromatic N) is 2. The highest BCUT2D eigenvalue weighted by Crippen LogP contribution is 2.42. The lowest BCUT2D eigenvalue weighted by molar-refractivity contribution is 0.396. The number of hydrogen-bond acceptors (Lipinski definition) is 5. The van der Waals surface area contributed by atoms with Gasteiger partial charge in [-0.25, -0.2) is 4.98 Å².